The minimum absolute atomic E-state index is 0.379. The maximum absolute atomic E-state index is 12.9. The molecule has 0 radical (unpaired) electrons. The number of aryl methyl sites for hydroxylation is 2. The van der Waals surface area contributed by atoms with Gasteiger partial charge in [-0.15, -0.1) is 0 Å². The summed E-state index contributed by atoms with van der Waals surface area (Å²) >= 11 is 0. The molecule has 1 heterocycles. The second-order valence-electron chi connectivity index (χ2n) is 5.53. The van der Waals surface area contributed by atoms with Crippen LogP contribution >= 0.6 is 0 Å². The van der Waals surface area contributed by atoms with E-state index in [1.54, 1.807) is 26.0 Å². The normalized spacial score (nSPS) is 15.1. The monoisotopic (exact) mass is 302 g/mol. The van der Waals surface area contributed by atoms with Crippen LogP contribution < -0.4 is 5.73 Å². The highest BCUT2D eigenvalue weighted by molar-refractivity contribution is 7.89. The molecule has 0 spiro atoms. The smallest absolute Gasteiger partial charge is 0.244 e. The summed E-state index contributed by atoms with van der Waals surface area (Å²) in [5.41, 5.74) is 9.92. The summed E-state index contributed by atoms with van der Waals surface area (Å²) in [5.74, 6) is 0. The Bertz CT molecular complexity index is 765. The molecule has 0 unspecified atom stereocenters. The average Bonchev–Trinajstić information content (AvgIpc) is 2.81. The van der Waals surface area contributed by atoms with E-state index in [9.17, 15) is 8.42 Å². The van der Waals surface area contributed by atoms with Crippen LogP contribution in [0.15, 0.2) is 41.3 Å². The summed E-state index contributed by atoms with van der Waals surface area (Å²) in [6, 6.07) is 11.3. The third kappa shape index (κ3) is 2.32. The van der Waals surface area contributed by atoms with Gasteiger partial charge >= 0.3 is 0 Å². The van der Waals surface area contributed by atoms with Crippen LogP contribution in [-0.2, 0) is 23.1 Å². The molecule has 3 rings (SSSR count). The van der Waals surface area contributed by atoms with Crippen molar-refractivity contribution in [1.82, 2.24) is 4.31 Å². The Kier molecular flexibility index (Phi) is 3.26. The lowest BCUT2D eigenvalue weighted by atomic mass is 10.1. The lowest BCUT2D eigenvalue weighted by molar-refractivity contribution is 0.431. The number of nitrogen functional groups attached to an aromatic ring is 1. The number of benzene rings is 2. The van der Waals surface area contributed by atoms with Crippen LogP contribution in [0.2, 0.25) is 0 Å². The van der Waals surface area contributed by atoms with Crippen molar-refractivity contribution >= 4 is 15.7 Å². The Hall–Kier alpha value is -1.85. The molecule has 4 nitrogen and oxygen atoms in total. The van der Waals surface area contributed by atoms with Crippen molar-refractivity contribution in [1.29, 1.82) is 0 Å². The zero-order valence-electron chi connectivity index (χ0n) is 12.1. The molecule has 1 aliphatic heterocycles. The summed E-state index contributed by atoms with van der Waals surface area (Å²) in [5, 5.41) is 0. The van der Waals surface area contributed by atoms with Crippen LogP contribution in [0.4, 0.5) is 5.69 Å². The quantitative estimate of drug-likeness (QED) is 0.867. The van der Waals surface area contributed by atoms with Crippen molar-refractivity contribution in [2.24, 2.45) is 0 Å². The van der Waals surface area contributed by atoms with Crippen molar-refractivity contribution < 1.29 is 8.42 Å². The molecule has 5 heteroatoms. The predicted octanol–water partition coefficient (Wildman–Crippen LogP) is 2.59. The highest BCUT2D eigenvalue weighted by Gasteiger charge is 2.32. The number of nitrogens with two attached hydrogens (primary N) is 1. The molecular weight excluding hydrogens is 284 g/mol. The van der Waals surface area contributed by atoms with Crippen LogP contribution in [0, 0.1) is 13.8 Å². The number of sulfonamides is 1. The van der Waals surface area contributed by atoms with Crippen LogP contribution in [0.1, 0.15) is 22.3 Å². The third-order valence-corrected chi connectivity index (χ3v) is 5.99. The fourth-order valence-corrected chi connectivity index (χ4v) is 4.80. The summed E-state index contributed by atoms with van der Waals surface area (Å²) in [6.07, 6.45) is 0. The molecule has 1 aliphatic rings. The van der Waals surface area contributed by atoms with E-state index >= 15 is 0 Å². The van der Waals surface area contributed by atoms with Gasteiger partial charge in [0.05, 0.1) is 4.90 Å². The Morgan fingerprint density at radius 2 is 1.48 bits per heavy atom. The van der Waals surface area contributed by atoms with E-state index < -0.39 is 10.0 Å². The van der Waals surface area contributed by atoms with Crippen molar-refractivity contribution in [3.05, 3.63) is 58.7 Å². The molecule has 2 aromatic rings. The Balaban J connectivity index is 2.04. The first-order valence-corrected chi connectivity index (χ1v) is 8.27. The van der Waals surface area contributed by atoms with Crippen LogP contribution in [0.25, 0.3) is 0 Å². The summed E-state index contributed by atoms with van der Waals surface area (Å²) in [4.78, 5) is 0.379. The highest BCUT2D eigenvalue weighted by Crippen LogP contribution is 2.32. The molecule has 0 atom stereocenters. The zero-order chi connectivity index (χ0) is 15.2. The largest absolute Gasteiger partial charge is 0.399 e. The first kappa shape index (κ1) is 14.1. The molecule has 0 saturated heterocycles. The van der Waals surface area contributed by atoms with Gasteiger partial charge in [-0.3, -0.25) is 0 Å². The van der Waals surface area contributed by atoms with E-state index in [-0.39, 0.29) is 0 Å². The average molecular weight is 302 g/mol. The topological polar surface area (TPSA) is 63.4 Å². The van der Waals surface area contributed by atoms with E-state index in [0.717, 1.165) is 11.1 Å². The lowest BCUT2D eigenvalue weighted by Crippen LogP contribution is -2.27. The van der Waals surface area contributed by atoms with Gasteiger partial charge in [-0.2, -0.15) is 4.31 Å². The molecule has 2 aromatic carbocycles. The van der Waals surface area contributed by atoms with E-state index in [1.165, 1.54) is 4.31 Å². The molecular formula is C16H18N2O2S. The molecule has 0 amide bonds. The Morgan fingerprint density at radius 3 is 1.95 bits per heavy atom. The van der Waals surface area contributed by atoms with Gasteiger partial charge in [-0.25, -0.2) is 8.42 Å². The molecule has 2 N–H and O–H groups in total. The van der Waals surface area contributed by atoms with Gasteiger partial charge in [-0.1, -0.05) is 24.3 Å². The van der Waals surface area contributed by atoms with Gasteiger partial charge in [0.2, 0.25) is 10.0 Å². The number of fused-ring (bicyclic) bond motifs is 1. The Morgan fingerprint density at radius 1 is 1.00 bits per heavy atom. The number of hydrogen-bond acceptors (Lipinski definition) is 3. The summed E-state index contributed by atoms with van der Waals surface area (Å²) in [7, 11) is -3.51. The van der Waals surface area contributed by atoms with Crippen molar-refractivity contribution in [3.8, 4) is 0 Å². The van der Waals surface area contributed by atoms with E-state index in [4.69, 9.17) is 5.73 Å². The van der Waals surface area contributed by atoms with Gasteiger partial charge in [0, 0.05) is 18.8 Å². The van der Waals surface area contributed by atoms with E-state index in [0.29, 0.717) is 34.8 Å². The van der Waals surface area contributed by atoms with Crippen LogP contribution in [-0.4, -0.2) is 12.7 Å². The standard InChI is InChI=1S/C16H18N2O2S/c1-11-7-15(17)8-12(2)16(11)21(19,20)18-9-13-5-3-4-6-14(13)10-18/h3-8H,9-10,17H2,1-2H3. The third-order valence-electron chi connectivity index (χ3n) is 3.89. The zero-order valence-corrected chi connectivity index (χ0v) is 12.9. The molecule has 0 aromatic heterocycles. The number of anilines is 1. The van der Waals surface area contributed by atoms with E-state index in [1.807, 2.05) is 24.3 Å². The maximum Gasteiger partial charge on any atom is 0.244 e. The van der Waals surface area contributed by atoms with Crippen molar-refractivity contribution in [2.75, 3.05) is 5.73 Å². The van der Waals surface area contributed by atoms with Gasteiger partial charge in [0.15, 0.2) is 0 Å². The SMILES string of the molecule is Cc1cc(N)cc(C)c1S(=O)(=O)N1Cc2ccccc2C1. The second kappa shape index (κ2) is 4.86. The number of rotatable bonds is 2. The van der Waals surface area contributed by atoms with Gasteiger partial charge in [0.1, 0.15) is 0 Å². The number of nitrogens with zero attached hydrogens (tertiary/aromatic N) is 1. The maximum atomic E-state index is 12.9. The van der Waals surface area contributed by atoms with Crippen LogP contribution in [0.3, 0.4) is 0 Å². The van der Waals surface area contributed by atoms with E-state index in [2.05, 4.69) is 0 Å². The lowest BCUT2D eigenvalue weighted by Gasteiger charge is -2.19. The van der Waals surface area contributed by atoms with Crippen LogP contribution in [0.5, 0.6) is 0 Å². The Labute approximate surface area is 125 Å². The van der Waals surface area contributed by atoms with Gasteiger partial charge < -0.3 is 5.73 Å². The number of hydrogen-bond donors (Lipinski definition) is 1. The fourth-order valence-electron chi connectivity index (χ4n) is 2.99. The summed E-state index contributed by atoms with van der Waals surface area (Å²) in [6.45, 7) is 4.45. The molecule has 0 aliphatic carbocycles. The first-order valence-electron chi connectivity index (χ1n) is 6.83. The molecule has 0 fully saturated rings. The fraction of sp³-hybridized carbons (Fsp3) is 0.250. The molecule has 0 saturated carbocycles. The second-order valence-corrected chi connectivity index (χ2v) is 7.40. The van der Waals surface area contributed by atoms with Gasteiger partial charge in [0.25, 0.3) is 0 Å². The first-order chi connectivity index (χ1) is 9.89. The molecule has 110 valence electrons. The van der Waals surface area contributed by atoms with Crippen molar-refractivity contribution in [2.45, 2.75) is 31.8 Å². The minimum Gasteiger partial charge on any atom is -0.399 e. The van der Waals surface area contributed by atoms with Gasteiger partial charge in [-0.05, 0) is 48.2 Å². The summed E-state index contributed by atoms with van der Waals surface area (Å²) < 4.78 is 27.4. The molecule has 21 heavy (non-hydrogen) atoms. The highest BCUT2D eigenvalue weighted by atomic mass is 32.2. The minimum atomic E-state index is -3.51. The van der Waals surface area contributed by atoms with Crippen molar-refractivity contribution in [3.63, 3.8) is 0 Å². The predicted molar refractivity (Wildman–Crippen MR) is 83.2 cm³/mol. The molecule has 0 bridgehead atoms.